The Morgan fingerprint density at radius 3 is 2.56 bits per heavy atom. The first-order valence-corrected chi connectivity index (χ1v) is 5.70. The number of rotatable bonds is 6. The molecule has 0 saturated carbocycles. The molecule has 1 N–H and O–H groups in total. The van der Waals surface area contributed by atoms with Crippen LogP contribution >= 0.6 is 0 Å². The smallest absolute Gasteiger partial charge is 0.235 e. The predicted molar refractivity (Wildman–Crippen MR) is 64.6 cm³/mol. The highest BCUT2D eigenvalue weighted by atomic mass is 16.5. The first-order valence-electron chi connectivity index (χ1n) is 5.70. The van der Waals surface area contributed by atoms with E-state index in [0.717, 1.165) is 18.5 Å². The number of aromatic nitrogens is 2. The van der Waals surface area contributed by atoms with Gasteiger partial charge in [0, 0.05) is 18.4 Å². The van der Waals surface area contributed by atoms with Crippen molar-refractivity contribution in [2.45, 2.75) is 32.7 Å². The lowest BCUT2D eigenvalue weighted by molar-refractivity contribution is 0.376. The number of hydrogen-bond acceptors (Lipinski definition) is 4. The van der Waals surface area contributed by atoms with Crippen LogP contribution in [-0.4, -0.2) is 30.2 Å². The molecule has 0 radical (unpaired) electrons. The summed E-state index contributed by atoms with van der Waals surface area (Å²) in [5.74, 6) is 1.26. The zero-order valence-corrected chi connectivity index (χ0v) is 10.5. The Kier molecular flexibility index (Phi) is 5.19. The Morgan fingerprint density at radius 2 is 2.00 bits per heavy atom. The molecule has 0 aromatic carbocycles. The van der Waals surface area contributed by atoms with Gasteiger partial charge in [-0.05, 0) is 25.8 Å². The summed E-state index contributed by atoms with van der Waals surface area (Å²) in [4.78, 5) is 8.44. The van der Waals surface area contributed by atoms with E-state index in [1.807, 2.05) is 7.05 Å². The van der Waals surface area contributed by atoms with Gasteiger partial charge in [0.05, 0.1) is 7.11 Å². The van der Waals surface area contributed by atoms with Gasteiger partial charge in [0.2, 0.25) is 5.88 Å². The van der Waals surface area contributed by atoms with E-state index in [0.29, 0.717) is 17.8 Å². The van der Waals surface area contributed by atoms with Crippen LogP contribution in [0.2, 0.25) is 0 Å². The Hall–Kier alpha value is -1.16. The quantitative estimate of drug-likeness (QED) is 0.796. The topological polar surface area (TPSA) is 47.0 Å². The van der Waals surface area contributed by atoms with E-state index in [1.54, 1.807) is 19.5 Å². The van der Waals surface area contributed by atoms with Gasteiger partial charge < -0.3 is 10.1 Å². The summed E-state index contributed by atoms with van der Waals surface area (Å²) in [6.45, 7) is 4.43. The first-order chi connectivity index (χ1) is 7.69. The van der Waals surface area contributed by atoms with Crippen molar-refractivity contribution < 1.29 is 4.74 Å². The summed E-state index contributed by atoms with van der Waals surface area (Å²) < 4.78 is 5.18. The molecule has 4 heteroatoms. The van der Waals surface area contributed by atoms with Crippen molar-refractivity contribution in [1.29, 1.82) is 0 Å². The molecule has 4 nitrogen and oxygen atoms in total. The molecule has 1 heterocycles. The van der Waals surface area contributed by atoms with Gasteiger partial charge in [-0.1, -0.05) is 13.8 Å². The largest absolute Gasteiger partial charge is 0.480 e. The van der Waals surface area contributed by atoms with E-state index in [1.165, 1.54) is 0 Å². The highest BCUT2D eigenvalue weighted by Crippen LogP contribution is 2.15. The van der Waals surface area contributed by atoms with E-state index in [4.69, 9.17) is 4.74 Å². The van der Waals surface area contributed by atoms with Crippen LogP contribution in [0.25, 0.3) is 0 Å². The van der Waals surface area contributed by atoms with Crippen molar-refractivity contribution in [3.63, 3.8) is 0 Å². The van der Waals surface area contributed by atoms with E-state index in [2.05, 4.69) is 29.1 Å². The second kappa shape index (κ2) is 6.43. The average molecular weight is 223 g/mol. The van der Waals surface area contributed by atoms with Gasteiger partial charge in [0.15, 0.2) is 0 Å². The van der Waals surface area contributed by atoms with Crippen LogP contribution < -0.4 is 10.1 Å². The minimum atomic E-state index is 0.506. The number of nitrogens with one attached hydrogen (secondary N) is 1. The van der Waals surface area contributed by atoms with Crippen LogP contribution in [0.15, 0.2) is 12.4 Å². The van der Waals surface area contributed by atoms with Crippen molar-refractivity contribution in [2.24, 2.45) is 5.92 Å². The maximum Gasteiger partial charge on any atom is 0.235 e. The second-order valence-corrected chi connectivity index (χ2v) is 4.19. The summed E-state index contributed by atoms with van der Waals surface area (Å²) in [5.41, 5.74) is 0.936. The SMILES string of the molecule is CNC(CCc1nccnc1OC)C(C)C. The molecular weight excluding hydrogens is 202 g/mol. The van der Waals surface area contributed by atoms with Crippen molar-refractivity contribution in [2.75, 3.05) is 14.2 Å². The van der Waals surface area contributed by atoms with Gasteiger partial charge in [-0.25, -0.2) is 4.98 Å². The molecule has 0 fully saturated rings. The maximum absolute atomic E-state index is 5.18. The molecule has 0 bridgehead atoms. The fourth-order valence-corrected chi connectivity index (χ4v) is 1.80. The monoisotopic (exact) mass is 223 g/mol. The van der Waals surface area contributed by atoms with Crippen LogP contribution in [0.5, 0.6) is 5.88 Å². The van der Waals surface area contributed by atoms with Crippen molar-refractivity contribution in [1.82, 2.24) is 15.3 Å². The minimum absolute atomic E-state index is 0.506. The third-order valence-electron chi connectivity index (χ3n) is 2.80. The summed E-state index contributed by atoms with van der Waals surface area (Å²) in [7, 11) is 3.63. The third kappa shape index (κ3) is 3.45. The molecule has 0 saturated heterocycles. The van der Waals surface area contributed by atoms with Crippen molar-refractivity contribution in [3.05, 3.63) is 18.1 Å². The molecule has 0 amide bonds. The average Bonchev–Trinajstić information content (AvgIpc) is 2.30. The summed E-state index contributed by atoms with van der Waals surface area (Å²) in [6.07, 6.45) is 5.30. The fraction of sp³-hybridized carbons (Fsp3) is 0.667. The van der Waals surface area contributed by atoms with E-state index in [9.17, 15) is 0 Å². The van der Waals surface area contributed by atoms with Crippen LogP contribution in [0.1, 0.15) is 26.0 Å². The number of aryl methyl sites for hydroxylation is 1. The molecule has 1 aromatic rings. The van der Waals surface area contributed by atoms with Crippen LogP contribution in [-0.2, 0) is 6.42 Å². The molecule has 1 atom stereocenters. The lowest BCUT2D eigenvalue weighted by Crippen LogP contribution is -2.31. The summed E-state index contributed by atoms with van der Waals surface area (Å²) in [6, 6.07) is 0.506. The Labute approximate surface area is 97.5 Å². The summed E-state index contributed by atoms with van der Waals surface area (Å²) >= 11 is 0. The van der Waals surface area contributed by atoms with E-state index < -0.39 is 0 Å². The molecule has 1 unspecified atom stereocenters. The highest BCUT2D eigenvalue weighted by molar-refractivity contribution is 5.17. The number of methoxy groups -OCH3 is 1. The van der Waals surface area contributed by atoms with Crippen molar-refractivity contribution in [3.8, 4) is 5.88 Å². The van der Waals surface area contributed by atoms with Gasteiger partial charge in [-0.2, -0.15) is 0 Å². The molecule has 16 heavy (non-hydrogen) atoms. The normalized spacial score (nSPS) is 12.8. The lowest BCUT2D eigenvalue weighted by atomic mass is 9.98. The molecular formula is C12H21N3O. The molecule has 90 valence electrons. The highest BCUT2D eigenvalue weighted by Gasteiger charge is 2.13. The zero-order valence-electron chi connectivity index (χ0n) is 10.5. The molecule has 1 aromatic heterocycles. The number of hydrogen-bond donors (Lipinski definition) is 1. The van der Waals surface area contributed by atoms with Gasteiger partial charge in [-0.15, -0.1) is 0 Å². The third-order valence-corrected chi connectivity index (χ3v) is 2.80. The minimum Gasteiger partial charge on any atom is -0.480 e. The number of nitrogens with zero attached hydrogens (tertiary/aromatic N) is 2. The Morgan fingerprint density at radius 1 is 1.31 bits per heavy atom. The fourth-order valence-electron chi connectivity index (χ4n) is 1.80. The van der Waals surface area contributed by atoms with Gasteiger partial charge in [-0.3, -0.25) is 4.98 Å². The van der Waals surface area contributed by atoms with E-state index in [-0.39, 0.29) is 0 Å². The zero-order chi connectivity index (χ0) is 12.0. The molecule has 0 spiro atoms. The number of ether oxygens (including phenoxy) is 1. The van der Waals surface area contributed by atoms with Crippen LogP contribution in [0, 0.1) is 5.92 Å². The van der Waals surface area contributed by atoms with Gasteiger partial charge >= 0.3 is 0 Å². The molecule has 0 aliphatic carbocycles. The molecule has 1 rings (SSSR count). The van der Waals surface area contributed by atoms with Crippen LogP contribution in [0.4, 0.5) is 0 Å². The first kappa shape index (κ1) is 12.9. The second-order valence-electron chi connectivity index (χ2n) is 4.19. The Balaban J connectivity index is 2.59. The molecule has 0 aliphatic heterocycles. The Bertz CT molecular complexity index is 315. The van der Waals surface area contributed by atoms with E-state index >= 15 is 0 Å². The van der Waals surface area contributed by atoms with Gasteiger partial charge in [0.25, 0.3) is 0 Å². The predicted octanol–water partition coefficient (Wildman–Crippen LogP) is 1.66. The lowest BCUT2D eigenvalue weighted by Gasteiger charge is -2.19. The van der Waals surface area contributed by atoms with Crippen molar-refractivity contribution >= 4 is 0 Å². The summed E-state index contributed by atoms with van der Waals surface area (Å²) in [5, 5.41) is 3.32. The maximum atomic E-state index is 5.18. The molecule has 0 aliphatic rings. The van der Waals surface area contributed by atoms with Gasteiger partial charge in [0.1, 0.15) is 5.69 Å². The standard InChI is InChI=1S/C12H21N3O/c1-9(2)10(13-3)5-6-11-12(16-4)15-8-7-14-11/h7-10,13H,5-6H2,1-4H3. The van der Waals surface area contributed by atoms with Crippen LogP contribution in [0.3, 0.4) is 0 Å².